The Kier molecular flexibility index (Phi) is 5.36. The summed E-state index contributed by atoms with van der Waals surface area (Å²) in [6, 6.07) is 6.44. The van der Waals surface area contributed by atoms with Crippen molar-refractivity contribution in [2.75, 3.05) is 6.61 Å². The molecule has 0 radical (unpaired) electrons. The Labute approximate surface area is 92.7 Å². The zero-order valence-corrected chi connectivity index (χ0v) is 9.59. The maximum atomic E-state index is 10.6. The number of unbranched alkanes of at least 4 members (excludes halogenated alkanes) is 2. The third-order valence-corrected chi connectivity index (χ3v) is 2.69. The molecule has 0 fully saturated rings. The molecule has 0 aliphatic heterocycles. The summed E-state index contributed by atoms with van der Waals surface area (Å²) in [5, 5.41) is 0. The van der Waals surface area contributed by atoms with Gasteiger partial charge in [-0.2, -0.15) is 0 Å². The van der Waals surface area contributed by atoms with Gasteiger partial charge in [0.15, 0.2) is 0 Å². The van der Waals surface area contributed by atoms with Gasteiger partial charge in [0.05, 0.1) is 6.61 Å². The lowest BCUT2D eigenvalue weighted by atomic mass is 10.3. The predicted octanol–water partition coefficient (Wildman–Crippen LogP) is 2.49. The van der Waals surface area contributed by atoms with Crippen molar-refractivity contribution in [2.24, 2.45) is 0 Å². The molecule has 0 N–H and O–H groups in total. The zero-order valence-electron chi connectivity index (χ0n) is 8.77. The average Bonchev–Trinajstić information content (AvgIpc) is 2.25. The lowest BCUT2D eigenvalue weighted by molar-refractivity contribution is 0.306. The van der Waals surface area contributed by atoms with Gasteiger partial charge in [0.1, 0.15) is 5.75 Å². The van der Waals surface area contributed by atoms with E-state index >= 15 is 0 Å². The van der Waals surface area contributed by atoms with Gasteiger partial charge in [-0.1, -0.05) is 19.8 Å². The molecule has 0 amide bonds. The van der Waals surface area contributed by atoms with Crippen molar-refractivity contribution in [2.45, 2.75) is 31.1 Å². The number of rotatable bonds is 6. The van der Waals surface area contributed by atoms with Crippen LogP contribution in [-0.4, -0.2) is 15.4 Å². The minimum atomic E-state index is -2.15. The first-order chi connectivity index (χ1) is 7.24. The largest absolute Gasteiger partial charge is 0.768 e. The van der Waals surface area contributed by atoms with Crippen LogP contribution in [0.25, 0.3) is 0 Å². The van der Waals surface area contributed by atoms with E-state index in [1.54, 1.807) is 12.1 Å². The van der Waals surface area contributed by atoms with Crippen molar-refractivity contribution in [3.05, 3.63) is 24.3 Å². The van der Waals surface area contributed by atoms with Crippen LogP contribution in [0.2, 0.25) is 0 Å². The molecule has 1 aromatic rings. The van der Waals surface area contributed by atoms with E-state index in [1.807, 2.05) is 0 Å². The van der Waals surface area contributed by atoms with E-state index in [2.05, 4.69) is 6.92 Å². The van der Waals surface area contributed by atoms with E-state index in [1.165, 1.54) is 12.1 Å². The van der Waals surface area contributed by atoms with E-state index in [-0.39, 0.29) is 4.90 Å². The van der Waals surface area contributed by atoms with E-state index < -0.39 is 11.1 Å². The average molecular weight is 227 g/mol. The molecule has 1 atom stereocenters. The smallest absolute Gasteiger partial charge is 0.119 e. The lowest BCUT2D eigenvalue weighted by Crippen LogP contribution is -1.97. The van der Waals surface area contributed by atoms with Crippen molar-refractivity contribution < 1.29 is 13.5 Å². The molecule has 1 rings (SSSR count). The molecule has 3 nitrogen and oxygen atoms in total. The maximum Gasteiger partial charge on any atom is 0.119 e. The highest BCUT2D eigenvalue weighted by Gasteiger charge is 1.95. The summed E-state index contributed by atoms with van der Waals surface area (Å²) in [5.41, 5.74) is 0. The molecular weight excluding hydrogens is 212 g/mol. The van der Waals surface area contributed by atoms with Crippen molar-refractivity contribution in [1.82, 2.24) is 0 Å². The quantitative estimate of drug-likeness (QED) is 0.554. The van der Waals surface area contributed by atoms with E-state index in [0.29, 0.717) is 6.61 Å². The monoisotopic (exact) mass is 227 g/mol. The normalized spacial score (nSPS) is 12.4. The first-order valence-corrected chi connectivity index (χ1v) is 6.13. The molecule has 4 heteroatoms. The molecule has 84 valence electrons. The van der Waals surface area contributed by atoms with Crippen LogP contribution in [0.15, 0.2) is 29.2 Å². The van der Waals surface area contributed by atoms with Crippen molar-refractivity contribution in [3.8, 4) is 5.75 Å². The second-order valence-electron chi connectivity index (χ2n) is 3.26. The molecule has 1 aromatic carbocycles. The Hall–Kier alpha value is -0.870. The summed E-state index contributed by atoms with van der Waals surface area (Å²) in [4.78, 5) is 0.288. The molecule has 0 bridgehead atoms. The minimum Gasteiger partial charge on any atom is -0.768 e. The van der Waals surface area contributed by atoms with Crippen molar-refractivity contribution in [3.63, 3.8) is 0 Å². The van der Waals surface area contributed by atoms with E-state index in [4.69, 9.17) is 4.74 Å². The number of ether oxygens (including phenoxy) is 1. The van der Waals surface area contributed by atoms with Crippen molar-refractivity contribution >= 4 is 11.1 Å². The molecule has 0 heterocycles. The van der Waals surface area contributed by atoms with Gasteiger partial charge in [-0.3, -0.25) is 4.21 Å². The minimum absolute atomic E-state index is 0.288. The van der Waals surface area contributed by atoms with Crippen LogP contribution in [0.5, 0.6) is 5.75 Å². The van der Waals surface area contributed by atoms with Gasteiger partial charge in [-0.05, 0) is 41.8 Å². The second-order valence-corrected chi connectivity index (χ2v) is 4.20. The Balaban J connectivity index is 2.39. The summed E-state index contributed by atoms with van der Waals surface area (Å²) < 4.78 is 26.6. The van der Waals surface area contributed by atoms with E-state index in [0.717, 1.165) is 25.0 Å². The first-order valence-electron chi connectivity index (χ1n) is 5.06. The zero-order chi connectivity index (χ0) is 11.1. The summed E-state index contributed by atoms with van der Waals surface area (Å²) >= 11 is -2.15. The standard InChI is InChI=1S/C11H16O3S/c1-2-3-4-9-14-10-5-7-11(8-6-10)15(12)13/h5-8H,2-4,9H2,1H3,(H,12,13)/p-1. The van der Waals surface area contributed by atoms with Crippen LogP contribution >= 0.6 is 0 Å². The molecule has 0 aliphatic rings. The maximum absolute atomic E-state index is 10.6. The van der Waals surface area contributed by atoms with Gasteiger partial charge in [0.2, 0.25) is 0 Å². The summed E-state index contributed by atoms with van der Waals surface area (Å²) in [5.74, 6) is 0.723. The third-order valence-electron chi connectivity index (χ3n) is 2.03. The molecule has 0 saturated carbocycles. The summed E-state index contributed by atoms with van der Waals surface area (Å²) in [6.07, 6.45) is 3.35. The van der Waals surface area contributed by atoms with Crippen LogP contribution in [0.1, 0.15) is 26.2 Å². The Bertz CT molecular complexity index is 308. The number of hydrogen-bond donors (Lipinski definition) is 0. The highest BCUT2D eigenvalue weighted by molar-refractivity contribution is 7.79. The molecule has 15 heavy (non-hydrogen) atoms. The van der Waals surface area contributed by atoms with E-state index in [9.17, 15) is 8.76 Å². The van der Waals surface area contributed by atoms with Gasteiger partial charge in [-0.15, -0.1) is 0 Å². The molecule has 0 saturated heterocycles. The van der Waals surface area contributed by atoms with Gasteiger partial charge in [0, 0.05) is 4.90 Å². The molecule has 1 unspecified atom stereocenters. The van der Waals surface area contributed by atoms with Crippen LogP contribution in [0, 0.1) is 0 Å². The van der Waals surface area contributed by atoms with Gasteiger partial charge < -0.3 is 9.29 Å². The molecule has 0 aromatic heterocycles. The molecule has 0 spiro atoms. The Morgan fingerprint density at radius 2 is 1.93 bits per heavy atom. The first kappa shape index (κ1) is 12.2. The fourth-order valence-electron chi connectivity index (χ4n) is 1.19. The van der Waals surface area contributed by atoms with Crippen LogP contribution in [-0.2, 0) is 11.1 Å². The van der Waals surface area contributed by atoms with Crippen LogP contribution in [0.4, 0.5) is 0 Å². The SMILES string of the molecule is CCCCCOc1ccc(S(=O)[O-])cc1. The summed E-state index contributed by atoms with van der Waals surface area (Å²) in [7, 11) is 0. The number of benzene rings is 1. The van der Waals surface area contributed by atoms with Gasteiger partial charge >= 0.3 is 0 Å². The number of hydrogen-bond acceptors (Lipinski definition) is 3. The highest BCUT2D eigenvalue weighted by atomic mass is 32.2. The Morgan fingerprint density at radius 1 is 1.27 bits per heavy atom. The molecule has 0 aliphatic carbocycles. The van der Waals surface area contributed by atoms with Gasteiger partial charge in [-0.25, -0.2) is 0 Å². The highest BCUT2D eigenvalue weighted by Crippen LogP contribution is 2.14. The van der Waals surface area contributed by atoms with Gasteiger partial charge in [0.25, 0.3) is 0 Å². The fraction of sp³-hybridized carbons (Fsp3) is 0.455. The topological polar surface area (TPSA) is 49.4 Å². The van der Waals surface area contributed by atoms with Crippen molar-refractivity contribution in [1.29, 1.82) is 0 Å². The van der Waals surface area contributed by atoms with Crippen LogP contribution in [0.3, 0.4) is 0 Å². The summed E-state index contributed by atoms with van der Waals surface area (Å²) in [6.45, 7) is 2.83. The Morgan fingerprint density at radius 3 is 2.47 bits per heavy atom. The lowest BCUT2D eigenvalue weighted by Gasteiger charge is -2.08. The van der Waals surface area contributed by atoms with Crippen LogP contribution < -0.4 is 4.74 Å². The predicted molar refractivity (Wildman–Crippen MR) is 58.6 cm³/mol. The molecular formula is C11H15O3S-. The second kappa shape index (κ2) is 6.58. The fourth-order valence-corrected chi connectivity index (χ4v) is 1.55. The third kappa shape index (κ3) is 4.44.